The molecule has 0 N–H and O–H groups in total. The average Bonchev–Trinajstić information content (AvgIpc) is 2.84. The van der Waals surface area contributed by atoms with Crippen LogP contribution in [-0.4, -0.2) is 10.8 Å². The van der Waals surface area contributed by atoms with Gasteiger partial charge in [0.15, 0.2) is 11.4 Å². The zero-order chi connectivity index (χ0) is 15.0. The van der Waals surface area contributed by atoms with Crippen molar-refractivity contribution in [1.82, 2.24) is 4.98 Å². The van der Waals surface area contributed by atoms with Crippen molar-refractivity contribution in [3.05, 3.63) is 53.3 Å². The van der Waals surface area contributed by atoms with Crippen LogP contribution < -0.4 is 0 Å². The van der Waals surface area contributed by atoms with Gasteiger partial charge in [0.25, 0.3) is 5.22 Å². The van der Waals surface area contributed by atoms with Crippen LogP contribution >= 0.6 is 11.8 Å². The van der Waals surface area contributed by atoms with Gasteiger partial charge in [-0.2, -0.15) is 0 Å². The summed E-state index contributed by atoms with van der Waals surface area (Å²) in [5, 5.41) is 0.435. The van der Waals surface area contributed by atoms with Crippen LogP contribution in [0.2, 0.25) is 0 Å². The predicted octanol–water partition coefficient (Wildman–Crippen LogP) is 4.63. The highest BCUT2D eigenvalue weighted by molar-refractivity contribution is 7.99. The Hall–Kier alpha value is -2.14. The minimum Gasteiger partial charge on any atom is -0.431 e. The minimum absolute atomic E-state index is 0.187. The largest absolute Gasteiger partial charge is 0.431 e. The number of rotatable bonds is 3. The molecule has 21 heavy (non-hydrogen) atoms. The molecule has 1 aromatic heterocycles. The Bertz CT molecular complexity index is 808. The Labute approximate surface area is 125 Å². The van der Waals surface area contributed by atoms with Crippen LogP contribution in [0.4, 0.5) is 4.39 Å². The Morgan fingerprint density at radius 2 is 2.05 bits per heavy atom. The number of benzene rings is 2. The molecule has 0 amide bonds. The van der Waals surface area contributed by atoms with Crippen LogP contribution in [0.1, 0.15) is 22.8 Å². The van der Waals surface area contributed by atoms with Crippen LogP contribution in [-0.2, 0) is 0 Å². The zero-order valence-corrected chi connectivity index (χ0v) is 12.3. The van der Waals surface area contributed by atoms with E-state index in [1.807, 2.05) is 24.3 Å². The van der Waals surface area contributed by atoms with E-state index in [4.69, 9.17) is 4.42 Å². The fourth-order valence-corrected chi connectivity index (χ4v) is 3.02. The molecule has 0 atom stereocenters. The number of ketones is 1. The Morgan fingerprint density at radius 1 is 1.29 bits per heavy atom. The van der Waals surface area contributed by atoms with Crippen molar-refractivity contribution in [2.75, 3.05) is 0 Å². The first-order chi connectivity index (χ1) is 10.0. The summed E-state index contributed by atoms with van der Waals surface area (Å²) in [6.07, 6.45) is 0. The molecule has 0 aliphatic carbocycles. The van der Waals surface area contributed by atoms with Gasteiger partial charge in [0.2, 0.25) is 0 Å². The quantitative estimate of drug-likeness (QED) is 0.662. The fraction of sp³-hybridized carbons (Fsp3) is 0.125. The van der Waals surface area contributed by atoms with Gasteiger partial charge in [0, 0.05) is 10.5 Å². The van der Waals surface area contributed by atoms with Crippen molar-refractivity contribution in [1.29, 1.82) is 0 Å². The van der Waals surface area contributed by atoms with E-state index in [2.05, 4.69) is 4.98 Å². The number of halogens is 1. The van der Waals surface area contributed by atoms with Crippen molar-refractivity contribution in [2.24, 2.45) is 0 Å². The van der Waals surface area contributed by atoms with Gasteiger partial charge in [-0.15, -0.1) is 0 Å². The van der Waals surface area contributed by atoms with E-state index in [-0.39, 0.29) is 11.6 Å². The number of hydrogen-bond donors (Lipinski definition) is 0. The maximum absolute atomic E-state index is 13.6. The molecule has 3 rings (SSSR count). The lowest BCUT2D eigenvalue weighted by Gasteiger charge is -2.06. The molecule has 3 aromatic rings. The van der Waals surface area contributed by atoms with Crippen LogP contribution in [0.3, 0.4) is 0 Å². The van der Waals surface area contributed by atoms with Crippen molar-refractivity contribution < 1.29 is 13.6 Å². The molecule has 106 valence electrons. The summed E-state index contributed by atoms with van der Waals surface area (Å²) in [6.45, 7) is 3.08. The van der Waals surface area contributed by atoms with Gasteiger partial charge < -0.3 is 4.42 Å². The van der Waals surface area contributed by atoms with Gasteiger partial charge in [0.05, 0.1) is 0 Å². The van der Waals surface area contributed by atoms with Gasteiger partial charge in [-0.25, -0.2) is 9.37 Å². The van der Waals surface area contributed by atoms with Crippen molar-refractivity contribution in [3.63, 3.8) is 0 Å². The molecule has 0 radical (unpaired) electrons. The van der Waals surface area contributed by atoms with E-state index >= 15 is 0 Å². The van der Waals surface area contributed by atoms with Gasteiger partial charge in [-0.3, -0.25) is 4.79 Å². The first-order valence-corrected chi connectivity index (χ1v) is 7.21. The number of carbonyl (C=O) groups excluding carboxylic acids is 1. The molecular weight excluding hydrogens is 289 g/mol. The smallest absolute Gasteiger partial charge is 0.261 e. The molecule has 0 saturated heterocycles. The van der Waals surface area contributed by atoms with Crippen molar-refractivity contribution in [2.45, 2.75) is 24.0 Å². The summed E-state index contributed by atoms with van der Waals surface area (Å²) in [5.41, 5.74) is 2.26. The molecule has 2 aromatic carbocycles. The standard InChI is InChI=1S/C16H12FNO2S/c1-9-7-15(11(10(2)19)8-12(9)17)21-16-18-13-5-3-4-6-14(13)20-16/h3-8H,1-2H3. The first kappa shape index (κ1) is 13.8. The number of aromatic nitrogens is 1. The number of hydrogen-bond acceptors (Lipinski definition) is 4. The molecule has 0 spiro atoms. The highest BCUT2D eigenvalue weighted by Crippen LogP contribution is 2.33. The summed E-state index contributed by atoms with van der Waals surface area (Å²) in [6, 6.07) is 10.3. The second-order valence-electron chi connectivity index (χ2n) is 4.70. The number of fused-ring (bicyclic) bond motifs is 1. The maximum atomic E-state index is 13.6. The maximum Gasteiger partial charge on any atom is 0.261 e. The summed E-state index contributed by atoms with van der Waals surface area (Å²) >= 11 is 1.23. The lowest BCUT2D eigenvalue weighted by molar-refractivity contribution is 0.101. The average molecular weight is 301 g/mol. The number of para-hydroxylation sites is 2. The number of nitrogens with zero attached hydrogens (tertiary/aromatic N) is 1. The Morgan fingerprint density at radius 3 is 2.76 bits per heavy atom. The second-order valence-corrected chi connectivity index (χ2v) is 5.70. The molecule has 0 unspecified atom stereocenters. The number of oxazole rings is 1. The number of aryl methyl sites for hydroxylation is 1. The summed E-state index contributed by atoms with van der Waals surface area (Å²) in [4.78, 5) is 16.7. The lowest BCUT2D eigenvalue weighted by Crippen LogP contribution is -1.98. The Balaban J connectivity index is 2.04. The van der Waals surface area contributed by atoms with Crippen LogP contribution in [0.5, 0.6) is 0 Å². The third-order valence-corrected chi connectivity index (χ3v) is 4.02. The first-order valence-electron chi connectivity index (χ1n) is 6.39. The van der Waals surface area contributed by atoms with Crippen LogP contribution in [0.15, 0.2) is 50.9 Å². The molecule has 3 nitrogen and oxygen atoms in total. The topological polar surface area (TPSA) is 43.1 Å². The highest BCUT2D eigenvalue weighted by atomic mass is 32.2. The van der Waals surface area contributed by atoms with Gasteiger partial charge >= 0.3 is 0 Å². The molecule has 0 aliphatic heterocycles. The van der Waals surface area contributed by atoms with E-state index in [9.17, 15) is 9.18 Å². The SMILES string of the molecule is CC(=O)c1cc(F)c(C)cc1Sc1nc2ccccc2o1. The number of carbonyl (C=O) groups is 1. The number of Topliss-reactive ketones (excluding diaryl/α,β-unsaturated/α-hetero) is 1. The predicted molar refractivity (Wildman–Crippen MR) is 79.3 cm³/mol. The molecule has 1 heterocycles. The molecule has 0 bridgehead atoms. The highest BCUT2D eigenvalue weighted by Gasteiger charge is 2.15. The van der Waals surface area contributed by atoms with Crippen LogP contribution in [0.25, 0.3) is 11.1 Å². The zero-order valence-electron chi connectivity index (χ0n) is 11.5. The monoisotopic (exact) mass is 301 g/mol. The normalized spacial score (nSPS) is 11.0. The molecule has 0 aliphatic rings. The Kier molecular flexibility index (Phi) is 3.51. The third-order valence-electron chi connectivity index (χ3n) is 3.11. The minimum atomic E-state index is -0.387. The van der Waals surface area contributed by atoms with Gasteiger partial charge in [-0.1, -0.05) is 12.1 Å². The fourth-order valence-electron chi connectivity index (χ4n) is 2.00. The molecular formula is C16H12FNO2S. The summed E-state index contributed by atoms with van der Waals surface area (Å²) in [7, 11) is 0. The summed E-state index contributed by atoms with van der Waals surface area (Å²) in [5.74, 6) is -0.574. The van der Waals surface area contributed by atoms with Gasteiger partial charge in [-0.05, 0) is 55.4 Å². The molecule has 0 saturated carbocycles. The van der Waals surface area contributed by atoms with E-state index < -0.39 is 0 Å². The lowest BCUT2D eigenvalue weighted by atomic mass is 10.1. The van der Waals surface area contributed by atoms with E-state index in [0.29, 0.717) is 26.8 Å². The van der Waals surface area contributed by atoms with E-state index in [0.717, 1.165) is 5.52 Å². The molecule has 0 fully saturated rings. The van der Waals surface area contributed by atoms with Crippen molar-refractivity contribution in [3.8, 4) is 0 Å². The van der Waals surface area contributed by atoms with Crippen LogP contribution in [0, 0.1) is 12.7 Å². The summed E-state index contributed by atoms with van der Waals surface area (Å²) < 4.78 is 19.2. The van der Waals surface area contributed by atoms with Crippen molar-refractivity contribution >= 4 is 28.6 Å². The van der Waals surface area contributed by atoms with Gasteiger partial charge in [0.1, 0.15) is 11.3 Å². The van der Waals surface area contributed by atoms with E-state index in [1.165, 1.54) is 24.8 Å². The van der Waals surface area contributed by atoms with E-state index in [1.54, 1.807) is 13.0 Å². The third kappa shape index (κ3) is 2.69. The molecule has 5 heteroatoms. The second kappa shape index (κ2) is 5.33.